The molecule has 2 fully saturated rings. The minimum Gasteiger partial charge on any atom is -0.379 e. The topological polar surface area (TPSA) is 142 Å². The summed E-state index contributed by atoms with van der Waals surface area (Å²) in [5, 5.41) is 17.3. The van der Waals surface area contributed by atoms with Gasteiger partial charge >= 0.3 is 6.03 Å². The maximum Gasteiger partial charge on any atom is 0.325 e. The van der Waals surface area contributed by atoms with Crippen LogP contribution in [0.1, 0.15) is 46.0 Å². The Hall–Kier alpha value is -2.73. The van der Waals surface area contributed by atoms with E-state index in [0.717, 1.165) is 18.9 Å². The van der Waals surface area contributed by atoms with E-state index in [9.17, 15) is 28.1 Å². The molecule has 0 radical (unpaired) electrons. The minimum atomic E-state index is -3.82. The molecule has 1 saturated carbocycles. The number of carbonyl (C=O) groups is 2. The first kappa shape index (κ1) is 23.9. The van der Waals surface area contributed by atoms with Crippen molar-refractivity contribution in [2.24, 2.45) is 0 Å². The van der Waals surface area contributed by atoms with Crippen LogP contribution in [0.15, 0.2) is 23.1 Å². The first-order chi connectivity index (χ1) is 15.2. The molecule has 11 nitrogen and oxygen atoms in total. The van der Waals surface area contributed by atoms with Crippen LogP contribution >= 0.6 is 0 Å². The van der Waals surface area contributed by atoms with Crippen molar-refractivity contribution < 1.29 is 22.9 Å². The smallest absolute Gasteiger partial charge is 0.325 e. The zero-order valence-corrected chi connectivity index (χ0v) is 19.1. The highest BCUT2D eigenvalue weighted by Crippen LogP contribution is 2.35. The van der Waals surface area contributed by atoms with E-state index in [0.29, 0.717) is 19.3 Å². The lowest BCUT2D eigenvalue weighted by Gasteiger charge is -2.20. The third-order valence-electron chi connectivity index (χ3n) is 6.09. The minimum absolute atomic E-state index is 0.139. The Kier molecular flexibility index (Phi) is 7.03. The number of amides is 3. The number of nitrogens with one attached hydrogen (secondary N) is 2. The van der Waals surface area contributed by atoms with E-state index in [4.69, 9.17) is 0 Å². The van der Waals surface area contributed by atoms with E-state index in [2.05, 4.69) is 10.6 Å². The van der Waals surface area contributed by atoms with Crippen LogP contribution in [-0.4, -0.2) is 66.2 Å². The molecule has 1 heterocycles. The molecule has 2 N–H and O–H groups in total. The molecule has 176 valence electrons. The number of benzene rings is 1. The van der Waals surface area contributed by atoms with Crippen molar-refractivity contribution in [3.63, 3.8) is 0 Å². The summed E-state index contributed by atoms with van der Waals surface area (Å²) in [6.45, 7) is 4.39. The predicted molar refractivity (Wildman–Crippen MR) is 118 cm³/mol. The molecule has 1 saturated heterocycles. The summed E-state index contributed by atoms with van der Waals surface area (Å²) in [6.07, 6.45) is 3.52. The number of carbonyl (C=O) groups excluding carboxylic acids is 2. The molecule has 0 bridgehead atoms. The highest BCUT2D eigenvalue weighted by atomic mass is 32.2. The van der Waals surface area contributed by atoms with Crippen LogP contribution in [0, 0.1) is 10.1 Å². The zero-order chi connectivity index (χ0) is 23.5. The number of imide groups is 1. The summed E-state index contributed by atoms with van der Waals surface area (Å²) in [4.78, 5) is 36.8. The summed E-state index contributed by atoms with van der Waals surface area (Å²) in [6, 6.07) is 3.37. The molecule has 0 unspecified atom stereocenters. The van der Waals surface area contributed by atoms with Crippen LogP contribution in [0.5, 0.6) is 0 Å². The predicted octanol–water partition coefficient (Wildman–Crippen LogP) is 2.29. The average Bonchev–Trinajstić information content (AvgIpc) is 3.31. The fraction of sp³-hybridized carbons (Fsp3) is 0.600. The number of anilines is 1. The molecule has 12 heteroatoms. The van der Waals surface area contributed by atoms with E-state index in [1.165, 1.54) is 21.3 Å². The van der Waals surface area contributed by atoms with Gasteiger partial charge < -0.3 is 10.6 Å². The Balaban J connectivity index is 1.65. The first-order valence-corrected chi connectivity index (χ1v) is 12.3. The number of nitro benzene ring substituents is 1. The molecule has 1 aromatic carbocycles. The van der Waals surface area contributed by atoms with Crippen LogP contribution in [0.25, 0.3) is 0 Å². The summed E-state index contributed by atoms with van der Waals surface area (Å²) >= 11 is 0. The molecule has 3 rings (SSSR count). The largest absolute Gasteiger partial charge is 0.379 e. The van der Waals surface area contributed by atoms with E-state index in [1.807, 2.05) is 0 Å². The van der Waals surface area contributed by atoms with Crippen LogP contribution < -0.4 is 10.6 Å². The molecule has 1 aliphatic carbocycles. The maximum absolute atomic E-state index is 12.7. The molecule has 0 aromatic heterocycles. The van der Waals surface area contributed by atoms with Gasteiger partial charge in [-0.15, -0.1) is 0 Å². The molecular weight excluding hydrogens is 438 g/mol. The number of nitrogens with zero attached hydrogens (tertiary/aromatic N) is 3. The van der Waals surface area contributed by atoms with Gasteiger partial charge in [0.05, 0.1) is 9.82 Å². The maximum atomic E-state index is 12.7. The van der Waals surface area contributed by atoms with Gasteiger partial charge in [-0.1, -0.05) is 26.7 Å². The van der Waals surface area contributed by atoms with Gasteiger partial charge in [-0.05, 0) is 31.4 Å². The van der Waals surface area contributed by atoms with E-state index >= 15 is 0 Å². The standard InChI is InChI=1S/C20H29N5O6S/c1-3-23(4-2)32(30,31)15-8-9-16(17(14-15)25(28)29)21-12-7-13-24-18(26)20(22-19(24)27)10-5-6-11-20/h8-9,14,21H,3-7,10-13H2,1-2H3,(H,22,27). The van der Waals surface area contributed by atoms with Crippen LogP contribution in [-0.2, 0) is 14.8 Å². The van der Waals surface area contributed by atoms with Crippen LogP contribution in [0.3, 0.4) is 0 Å². The first-order valence-electron chi connectivity index (χ1n) is 10.8. The monoisotopic (exact) mass is 467 g/mol. The molecular formula is C20H29N5O6S. The van der Waals surface area contributed by atoms with Crippen LogP contribution in [0.2, 0.25) is 0 Å². The van der Waals surface area contributed by atoms with Crippen molar-refractivity contribution in [2.45, 2.75) is 56.4 Å². The van der Waals surface area contributed by atoms with Gasteiger partial charge in [0.2, 0.25) is 10.0 Å². The Bertz CT molecular complexity index is 1000. The van der Waals surface area contributed by atoms with Crippen molar-refractivity contribution in [2.75, 3.05) is 31.5 Å². The van der Waals surface area contributed by atoms with Gasteiger partial charge in [-0.2, -0.15) is 4.31 Å². The molecule has 2 aliphatic rings. The second-order valence-corrected chi connectivity index (χ2v) is 9.92. The third-order valence-corrected chi connectivity index (χ3v) is 8.13. The highest BCUT2D eigenvalue weighted by molar-refractivity contribution is 7.89. The lowest BCUT2D eigenvalue weighted by Crippen LogP contribution is -2.44. The molecule has 1 aromatic rings. The van der Waals surface area contributed by atoms with Crippen LogP contribution in [0.4, 0.5) is 16.2 Å². The van der Waals surface area contributed by atoms with Crippen molar-refractivity contribution >= 4 is 33.3 Å². The number of hydrogen-bond acceptors (Lipinski definition) is 7. The van der Waals surface area contributed by atoms with Crippen molar-refractivity contribution in [3.8, 4) is 0 Å². The summed E-state index contributed by atoms with van der Waals surface area (Å²) in [5.41, 5.74) is -0.925. The number of hydrogen-bond donors (Lipinski definition) is 2. The third kappa shape index (κ3) is 4.42. The Morgan fingerprint density at radius 3 is 2.47 bits per heavy atom. The SMILES string of the molecule is CCN(CC)S(=O)(=O)c1ccc(NCCCN2C(=O)NC3(CCCC3)C2=O)c([N+](=O)[O-])c1. The van der Waals surface area contributed by atoms with Gasteiger partial charge in [0.25, 0.3) is 11.6 Å². The van der Waals surface area contributed by atoms with E-state index < -0.39 is 26.5 Å². The van der Waals surface area contributed by atoms with Gasteiger partial charge in [-0.3, -0.25) is 19.8 Å². The van der Waals surface area contributed by atoms with E-state index in [1.54, 1.807) is 13.8 Å². The fourth-order valence-electron chi connectivity index (χ4n) is 4.34. The lowest BCUT2D eigenvalue weighted by atomic mass is 9.98. The average molecular weight is 468 g/mol. The fourth-order valence-corrected chi connectivity index (χ4v) is 5.82. The molecule has 0 atom stereocenters. The number of rotatable bonds is 10. The Morgan fingerprint density at radius 1 is 1.22 bits per heavy atom. The number of urea groups is 1. The molecule has 32 heavy (non-hydrogen) atoms. The summed E-state index contributed by atoms with van der Waals surface area (Å²) in [7, 11) is -3.82. The van der Waals surface area contributed by atoms with Gasteiger partial charge in [0, 0.05) is 32.2 Å². The van der Waals surface area contributed by atoms with Gasteiger partial charge in [0.15, 0.2) is 0 Å². The van der Waals surface area contributed by atoms with Crippen molar-refractivity contribution in [1.82, 2.24) is 14.5 Å². The summed E-state index contributed by atoms with van der Waals surface area (Å²) < 4.78 is 26.6. The van der Waals surface area contributed by atoms with Gasteiger partial charge in [-0.25, -0.2) is 13.2 Å². The molecule has 3 amide bonds. The van der Waals surface area contributed by atoms with Crippen molar-refractivity contribution in [3.05, 3.63) is 28.3 Å². The van der Waals surface area contributed by atoms with Gasteiger partial charge in [0.1, 0.15) is 11.2 Å². The Morgan fingerprint density at radius 2 is 1.88 bits per heavy atom. The second kappa shape index (κ2) is 9.41. The lowest BCUT2D eigenvalue weighted by molar-refractivity contribution is -0.384. The summed E-state index contributed by atoms with van der Waals surface area (Å²) in [5.74, 6) is -0.197. The quantitative estimate of drug-likeness (QED) is 0.233. The number of sulfonamides is 1. The Labute approximate surface area is 187 Å². The second-order valence-electron chi connectivity index (χ2n) is 7.98. The molecule has 1 aliphatic heterocycles. The normalized spacial score (nSPS) is 17.9. The van der Waals surface area contributed by atoms with Crippen molar-refractivity contribution in [1.29, 1.82) is 0 Å². The highest BCUT2D eigenvalue weighted by Gasteiger charge is 2.52. The molecule has 1 spiro atoms. The number of nitro groups is 1. The zero-order valence-electron chi connectivity index (χ0n) is 18.3. The van der Waals surface area contributed by atoms with E-state index in [-0.39, 0.29) is 48.4 Å².